The Hall–Kier alpha value is -4.53. The van der Waals surface area contributed by atoms with Crippen LogP contribution in [0.3, 0.4) is 0 Å². The molecule has 0 unspecified atom stereocenters. The number of pyridine rings is 1. The van der Waals surface area contributed by atoms with Crippen LogP contribution in [0.4, 0.5) is 11.6 Å². The molecule has 0 bridgehead atoms. The van der Waals surface area contributed by atoms with Gasteiger partial charge in [0.25, 0.3) is 5.91 Å². The zero-order valence-corrected chi connectivity index (χ0v) is 28.7. The van der Waals surface area contributed by atoms with Gasteiger partial charge in [-0.05, 0) is 35.9 Å². The van der Waals surface area contributed by atoms with E-state index in [4.69, 9.17) is 33.3 Å². The molecular weight excluding hydrogens is 618 g/mol. The average Bonchev–Trinajstić information content (AvgIpc) is 3.62. The molecule has 0 radical (unpaired) electrons. The number of nitrogens with one attached hydrogen (secondary N) is 2. The summed E-state index contributed by atoms with van der Waals surface area (Å²) < 4.78 is 31.9. The lowest BCUT2D eigenvalue weighted by molar-refractivity contribution is 0.0244. The first-order chi connectivity index (χ1) is 22.6. The Balaban J connectivity index is 1.47. The van der Waals surface area contributed by atoms with E-state index in [1.54, 1.807) is 19.2 Å². The molecule has 0 saturated carbocycles. The molecule has 2 N–H and O–H groups in total. The minimum absolute atomic E-state index is 0.0821. The summed E-state index contributed by atoms with van der Waals surface area (Å²) in [5, 5.41) is 6.59. The molecular formula is C33H41N7O6Si. The first-order valence-electron chi connectivity index (χ1n) is 15.8. The van der Waals surface area contributed by atoms with Crippen molar-refractivity contribution in [2.75, 3.05) is 39.3 Å². The second kappa shape index (κ2) is 13.7. The molecule has 1 amide bonds. The van der Waals surface area contributed by atoms with Gasteiger partial charge in [0.05, 0.1) is 25.7 Å². The van der Waals surface area contributed by atoms with E-state index in [0.29, 0.717) is 55.2 Å². The highest BCUT2D eigenvalue weighted by Crippen LogP contribution is 2.39. The van der Waals surface area contributed by atoms with Gasteiger partial charge in [0.1, 0.15) is 29.7 Å². The molecule has 5 aromatic rings. The largest absolute Gasteiger partial charge is 0.479 e. The summed E-state index contributed by atoms with van der Waals surface area (Å²) in [6.45, 7) is 11.0. The summed E-state index contributed by atoms with van der Waals surface area (Å²) in [6.07, 6.45) is 3.43. The Labute approximate surface area is 274 Å². The first kappa shape index (κ1) is 32.4. The van der Waals surface area contributed by atoms with Crippen molar-refractivity contribution in [3.8, 4) is 22.9 Å². The number of rotatable bonds is 12. The second-order valence-electron chi connectivity index (χ2n) is 12.7. The number of benzene rings is 1. The van der Waals surface area contributed by atoms with Crippen molar-refractivity contribution in [2.24, 2.45) is 0 Å². The third kappa shape index (κ3) is 7.39. The van der Waals surface area contributed by atoms with E-state index >= 15 is 0 Å². The maximum Gasteiger partial charge on any atom is 0.269 e. The van der Waals surface area contributed by atoms with Crippen molar-refractivity contribution in [2.45, 2.75) is 58.3 Å². The number of aryl methyl sites for hydroxylation is 1. The van der Waals surface area contributed by atoms with E-state index in [0.717, 1.165) is 40.9 Å². The number of aromatic nitrogens is 5. The van der Waals surface area contributed by atoms with Crippen LogP contribution in [-0.4, -0.2) is 78.6 Å². The van der Waals surface area contributed by atoms with Gasteiger partial charge in [0, 0.05) is 53.3 Å². The summed E-state index contributed by atoms with van der Waals surface area (Å²) >= 11 is 0. The highest BCUT2D eigenvalue weighted by Gasteiger charge is 2.25. The molecule has 0 atom stereocenters. The lowest BCUT2D eigenvalue weighted by atomic mass is 10.1. The van der Waals surface area contributed by atoms with Crippen LogP contribution in [0, 0.1) is 6.92 Å². The van der Waals surface area contributed by atoms with Crippen molar-refractivity contribution in [3.05, 3.63) is 48.1 Å². The number of oxazole rings is 1. The fraction of sp³-hybridized carbons (Fsp3) is 0.424. The summed E-state index contributed by atoms with van der Waals surface area (Å²) in [7, 11) is 1.75. The van der Waals surface area contributed by atoms with Gasteiger partial charge in [0.2, 0.25) is 17.7 Å². The van der Waals surface area contributed by atoms with E-state index in [9.17, 15) is 4.79 Å². The standard InChI is InChI=1S/C33H41N7O6Si/c1-20-35-24-8-7-21(17-27(24)45-20)23-18-40(19-44-15-16-47(4,5)6)29-28(23)32(46-22-11-13-43-14-12-22)39-33(38-29)37-26-10-9-25(30(41)34-2)36-31(26)42-3/h7-10,17-18,22H,11-16,19H2,1-6H3,(H,34,41)(H,37,38,39). The Morgan fingerprint density at radius 1 is 1.06 bits per heavy atom. The van der Waals surface area contributed by atoms with Crippen LogP contribution in [0.25, 0.3) is 33.3 Å². The van der Waals surface area contributed by atoms with Crippen molar-refractivity contribution >= 4 is 47.7 Å². The van der Waals surface area contributed by atoms with Gasteiger partial charge in [-0.2, -0.15) is 9.97 Å². The first-order valence-corrected chi connectivity index (χ1v) is 19.5. The summed E-state index contributed by atoms with van der Waals surface area (Å²) in [4.78, 5) is 30.9. The van der Waals surface area contributed by atoms with Gasteiger partial charge in [-0.3, -0.25) is 4.79 Å². The number of anilines is 2. The molecule has 0 spiro atoms. The lowest BCUT2D eigenvalue weighted by Crippen LogP contribution is -2.26. The zero-order valence-electron chi connectivity index (χ0n) is 27.7. The van der Waals surface area contributed by atoms with Crippen LogP contribution < -0.4 is 20.1 Å². The molecule has 1 aromatic carbocycles. The van der Waals surface area contributed by atoms with Gasteiger partial charge >= 0.3 is 0 Å². The van der Waals surface area contributed by atoms with Gasteiger partial charge < -0.3 is 38.6 Å². The Bertz CT molecular complexity index is 1890. The minimum atomic E-state index is -1.29. The highest BCUT2D eigenvalue weighted by molar-refractivity contribution is 6.76. The van der Waals surface area contributed by atoms with Crippen LogP contribution in [0.15, 0.2) is 40.9 Å². The molecule has 1 aliphatic rings. The van der Waals surface area contributed by atoms with Crippen molar-refractivity contribution in [1.82, 2.24) is 29.8 Å². The average molecular weight is 660 g/mol. The molecule has 5 heterocycles. The second-order valence-corrected chi connectivity index (χ2v) is 18.3. The SMILES string of the molecule is CNC(=O)c1ccc(Nc2nc(OC3CCOCC3)c3c(-c4ccc5nc(C)oc5c4)cn(COCC[Si](C)(C)C)c3n2)c(OC)n1. The van der Waals surface area contributed by atoms with Crippen molar-refractivity contribution in [3.63, 3.8) is 0 Å². The topological polar surface area (TPSA) is 148 Å². The predicted octanol–water partition coefficient (Wildman–Crippen LogP) is 5.92. The third-order valence-electron chi connectivity index (χ3n) is 7.92. The van der Waals surface area contributed by atoms with Crippen LogP contribution in [0.5, 0.6) is 11.8 Å². The highest BCUT2D eigenvalue weighted by atomic mass is 28.3. The number of carbonyl (C=O) groups is 1. The zero-order chi connectivity index (χ0) is 33.1. The third-order valence-corrected chi connectivity index (χ3v) is 9.63. The number of nitrogens with zero attached hydrogens (tertiary/aromatic N) is 5. The van der Waals surface area contributed by atoms with E-state index < -0.39 is 8.07 Å². The summed E-state index contributed by atoms with van der Waals surface area (Å²) in [5.74, 6) is 1.22. The van der Waals surface area contributed by atoms with Crippen molar-refractivity contribution in [1.29, 1.82) is 0 Å². The van der Waals surface area contributed by atoms with E-state index in [1.165, 1.54) is 7.11 Å². The Morgan fingerprint density at radius 2 is 1.87 bits per heavy atom. The normalized spacial score (nSPS) is 14.1. The number of carbonyl (C=O) groups excluding carboxylic acids is 1. The molecule has 248 valence electrons. The molecule has 47 heavy (non-hydrogen) atoms. The number of hydrogen-bond donors (Lipinski definition) is 2. The molecule has 0 aliphatic carbocycles. The lowest BCUT2D eigenvalue weighted by Gasteiger charge is -2.23. The molecule has 14 heteroatoms. The minimum Gasteiger partial charge on any atom is -0.479 e. The summed E-state index contributed by atoms with van der Waals surface area (Å²) in [6, 6.07) is 10.3. The molecule has 1 aliphatic heterocycles. The molecule has 1 saturated heterocycles. The summed E-state index contributed by atoms with van der Waals surface area (Å²) in [5.41, 5.74) is 4.63. The predicted molar refractivity (Wildman–Crippen MR) is 181 cm³/mol. The molecule has 6 rings (SSSR count). The van der Waals surface area contributed by atoms with Crippen molar-refractivity contribution < 1.29 is 28.2 Å². The van der Waals surface area contributed by atoms with Gasteiger partial charge in [-0.15, -0.1) is 0 Å². The fourth-order valence-corrected chi connectivity index (χ4v) is 6.14. The number of fused-ring (bicyclic) bond motifs is 2. The maximum atomic E-state index is 12.2. The fourth-order valence-electron chi connectivity index (χ4n) is 5.38. The van der Waals surface area contributed by atoms with E-state index in [-0.39, 0.29) is 29.5 Å². The van der Waals surface area contributed by atoms with Crippen LogP contribution in [0.2, 0.25) is 25.7 Å². The monoisotopic (exact) mass is 659 g/mol. The molecule has 13 nitrogen and oxygen atoms in total. The molecule has 1 fully saturated rings. The van der Waals surface area contributed by atoms with Gasteiger partial charge in [-0.1, -0.05) is 25.7 Å². The molecule has 4 aromatic heterocycles. The maximum absolute atomic E-state index is 12.2. The quantitative estimate of drug-likeness (QED) is 0.121. The van der Waals surface area contributed by atoms with Crippen LogP contribution in [-0.2, 0) is 16.2 Å². The van der Waals surface area contributed by atoms with E-state index in [2.05, 4.69) is 40.2 Å². The number of hydrogen-bond acceptors (Lipinski definition) is 11. The van der Waals surface area contributed by atoms with Crippen LogP contribution >= 0.6 is 0 Å². The number of amides is 1. The van der Waals surface area contributed by atoms with Gasteiger partial charge in [0.15, 0.2) is 17.1 Å². The number of ether oxygens (including phenoxy) is 4. The van der Waals surface area contributed by atoms with Crippen LogP contribution in [0.1, 0.15) is 29.2 Å². The smallest absolute Gasteiger partial charge is 0.269 e. The van der Waals surface area contributed by atoms with Gasteiger partial charge in [-0.25, -0.2) is 9.97 Å². The Morgan fingerprint density at radius 3 is 2.62 bits per heavy atom. The number of methoxy groups -OCH3 is 1. The van der Waals surface area contributed by atoms with E-state index in [1.807, 2.05) is 35.9 Å². The Kier molecular flexibility index (Phi) is 9.43.